The van der Waals surface area contributed by atoms with Crippen LogP contribution >= 0.6 is 0 Å². The molecule has 3 rings (SSSR count). The van der Waals surface area contributed by atoms with Crippen LogP contribution in [0.15, 0.2) is 10.7 Å². The van der Waals surface area contributed by atoms with Gasteiger partial charge < -0.3 is 10.3 Å². The van der Waals surface area contributed by atoms with E-state index in [2.05, 4.69) is 33.3 Å². The molecule has 118 valence electrons. The van der Waals surface area contributed by atoms with Crippen molar-refractivity contribution in [3.63, 3.8) is 0 Å². The molecule has 0 saturated carbocycles. The molecule has 1 aliphatic rings. The molecule has 8 heteroatoms. The predicted octanol–water partition coefficient (Wildman–Crippen LogP) is 0.801. The number of hydrogen-bond donors (Lipinski definition) is 1. The number of rotatable bonds is 5. The van der Waals surface area contributed by atoms with E-state index in [4.69, 9.17) is 10.3 Å². The lowest BCUT2D eigenvalue weighted by Crippen LogP contribution is -2.23. The molecular weight excluding hydrogens is 284 g/mol. The first-order valence-corrected chi connectivity index (χ1v) is 7.47. The predicted molar refractivity (Wildman–Crippen MR) is 77.8 cm³/mol. The lowest BCUT2D eigenvalue weighted by molar-refractivity contribution is 0.0987. The lowest BCUT2D eigenvalue weighted by atomic mass is 10.1. The van der Waals surface area contributed by atoms with Crippen molar-refractivity contribution in [2.45, 2.75) is 38.8 Å². The molecule has 2 N–H and O–H groups in total. The van der Waals surface area contributed by atoms with Crippen molar-refractivity contribution >= 4 is 5.91 Å². The van der Waals surface area contributed by atoms with Gasteiger partial charge in [0.05, 0.1) is 11.7 Å². The molecule has 1 atom stereocenters. The van der Waals surface area contributed by atoms with Crippen LogP contribution in [0.4, 0.5) is 0 Å². The molecule has 0 aliphatic carbocycles. The van der Waals surface area contributed by atoms with Gasteiger partial charge in [-0.05, 0) is 25.8 Å². The first kappa shape index (κ1) is 14.7. The largest absolute Gasteiger partial charge is 0.363 e. The van der Waals surface area contributed by atoms with Crippen molar-refractivity contribution in [3.05, 3.63) is 29.2 Å². The number of likely N-dealkylation sites (tertiary alicyclic amines) is 1. The van der Waals surface area contributed by atoms with Crippen LogP contribution in [-0.2, 0) is 20.0 Å². The van der Waals surface area contributed by atoms with Gasteiger partial charge >= 0.3 is 0 Å². The maximum atomic E-state index is 11.1. The summed E-state index contributed by atoms with van der Waals surface area (Å²) in [5.41, 5.74) is 7.50. The normalized spacial score (nSPS) is 18.9. The highest BCUT2D eigenvalue weighted by Crippen LogP contribution is 2.32. The van der Waals surface area contributed by atoms with Gasteiger partial charge in [-0.2, -0.15) is 10.1 Å². The van der Waals surface area contributed by atoms with Crippen LogP contribution in [0, 0.1) is 0 Å². The Hall–Kier alpha value is -2.22. The Balaban J connectivity index is 1.79. The fraction of sp³-hybridized carbons (Fsp3) is 0.571. The zero-order valence-corrected chi connectivity index (χ0v) is 12.8. The van der Waals surface area contributed by atoms with Gasteiger partial charge in [-0.1, -0.05) is 12.1 Å². The third-order valence-corrected chi connectivity index (χ3v) is 4.01. The van der Waals surface area contributed by atoms with Crippen molar-refractivity contribution < 1.29 is 9.32 Å². The van der Waals surface area contributed by atoms with E-state index in [0.29, 0.717) is 5.89 Å². The Bertz CT molecular complexity index is 677. The fourth-order valence-corrected chi connectivity index (χ4v) is 3.00. The molecular formula is C14H20N6O2. The van der Waals surface area contributed by atoms with Crippen molar-refractivity contribution in [1.82, 2.24) is 24.8 Å². The molecule has 0 spiro atoms. The highest BCUT2D eigenvalue weighted by Gasteiger charge is 2.31. The minimum Gasteiger partial charge on any atom is -0.363 e. The summed E-state index contributed by atoms with van der Waals surface area (Å²) in [7, 11) is 1.93. The Labute approximate surface area is 128 Å². The minimum atomic E-state index is -0.667. The van der Waals surface area contributed by atoms with E-state index in [1.165, 1.54) is 5.56 Å². The number of aromatic nitrogens is 4. The Morgan fingerprint density at radius 1 is 1.55 bits per heavy atom. The van der Waals surface area contributed by atoms with Crippen molar-refractivity contribution in [2.24, 2.45) is 12.8 Å². The van der Waals surface area contributed by atoms with Gasteiger partial charge in [0.15, 0.2) is 0 Å². The summed E-state index contributed by atoms with van der Waals surface area (Å²) < 4.78 is 7.06. The number of primary amides is 1. The van der Waals surface area contributed by atoms with Gasteiger partial charge in [-0.15, -0.1) is 0 Å². The van der Waals surface area contributed by atoms with Gasteiger partial charge in [-0.3, -0.25) is 14.4 Å². The van der Waals surface area contributed by atoms with Crippen molar-refractivity contribution in [2.75, 3.05) is 6.54 Å². The number of hydrogen-bond acceptors (Lipinski definition) is 6. The first-order valence-electron chi connectivity index (χ1n) is 7.47. The molecule has 2 aromatic rings. The Morgan fingerprint density at radius 3 is 3.05 bits per heavy atom. The number of carbonyl (C=O) groups excluding carboxylic acids is 1. The van der Waals surface area contributed by atoms with Gasteiger partial charge in [0.2, 0.25) is 5.89 Å². The zero-order chi connectivity index (χ0) is 15.7. The first-order chi connectivity index (χ1) is 10.6. The summed E-state index contributed by atoms with van der Waals surface area (Å²) in [6.07, 6.45) is 4.95. The maximum absolute atomic E-state index is 11.1. The molecule has 1 saturated heterocycles. The topological polar surface area (TPSA) is 103 Å². The highest BCUT2D eigenvalue weighted by atomic mass is 16.5. The van der Waals surface area contributed by atoms with E-state index in [1.54, 1.807) is 0 Å². The summed E-state index contributed by atoms with van der Waals surface area (Å²) >= 11 is 0. The lowest BCUT2D eigenvalue weighted by Gasteiger charge is -2.21. The maximum Gasteiger partial charge on any atom is 0.290 e. The van der Waals surface area contributed by atoms with Gasteiger partial charge in [0, 0.05) is 25.4 Å². The molecule has 8 nitrogen and oxygen atoms in total. The van der Waals surface area contributed by atoms with Crippen LogP contribution in [0.2, 0.25) is 0 Å². The number of amides is 1. The van der Waals surface area contributed by atoms with E-state index >= 15 is 0 Å². The zero-order valence-electron chi connectivity index (χ0n) is 12.8. The van der Waals surface area contributed by atoms with E-state index in [0.717, 1.165) is 38.0 Å². The Kier molecular flexibility index (Phi) is 3.93. The SMILES string of the molecule is CCc1nn(C)cc1CN1CCC[C@@H]1c1nc(C(N)=O)no1. The highest BCUT2D eigenvalue weighted by molar-refractivity contribution is 5.88. The average molecular weight is 304 g/mol. The quantitative estimate of drug-likeness (QED) is 0.876. The second-order valence-corrected chi connectivity index (χ2v) is 5.58. The molecule has 1 fully saturated rings. The second-order valence-electron chi connectivity index (χ2n) is 5.58. The van der Waals surface area contributed by atoms with Crippen LogP contribution in [0.1, 0.15) is 53.6 Å². The van der Waals surface area contributed by atoms with E-state index in [9.17, 15) is 4.79 Å². The molecule has 0 unspecified atom stereocenters. The number of nitrogens with zero attached hydrogens (tertiary/aromatic N) is 5. The molecule has 0 aromatic carbocycles. The molecule has 2 aromatic heterocycles. The van der Waals surface area contributed by atoms with Crippen LogP contribution in [0.5, 0.6) is 0 Å². The molecule has 3 heterocycles. The van der Waals surface area contributed by atoms with Crippen LogP contribution in [-0.4, -0.2) is 37.3 Å². The van der Waals surface area contributed by atoms with Crippen molar-refractivity contribution in [1.29, 1.82) is 0 Å². The minimum absolute atomic E-state index is 0.0329. The van der Waals surface area contributed by atoms with E-state index in [1.807, 2.05) is 11.7 Å². The van der Waals surface area contributed by atoms with Crippen LogP contribution in [0.25, 0.3) is 0 Å². The van der Waals surface area contributed by atoms with E-state index < -0.39 is 5.91 Å². The molecule has 0 bridgehead atoms. The fourth-order valence-electron chi connectivity index (χ4n) is 3.00. The van der Waals surface area contributed by atoms with E-state index in [-0.39, 0.29) is 11.9 Å². The second kappa shape index (κ2) is 5.88. The number of nitrogens with two attached hydrogens (primary N) is 1. The monoisotopic (exact) mass is 304 g/mol. The average Bonchev–Trinajstić information content (AvgIpc) is 3.18. The van der Waals surface area contributed by atoms with Gasteiger partial charge in [0.25, 0.3) is 11.7 Å². The Morgan fingerprint density at radius 2 is 2.36 bits per heavy atom. The molecule has 22 heavy (non-hydrogen) atoms. The third kappa shape index (κ3) is 2.74. The van der Waals surface area contributed by atoms with Crippen molar-refractivity contribution in [3.8, 4) is 0 Å². The standard InChI is InChI=1S/C14H20N6O2/c1-3-10-9(7-19(2)17-10)8-20-6-4-5-11(20)14-16-13(12(15)21)18-22-14/h7,11H,3-6,8H2,1-2H3,(H2,15,21)/t11-/m1/s1. The molecule has 0 radical (unpaired) electrons. The van der Waals surface area contributed by atoms with Crippen LogP contribution in [0.3, 0.4) is 0 Å². The number of aryl methyl sites for hydroxylation is 2. The smallest absolute Gasteiger partial charge is 0.290 e. The summed E-state index contributed by atoms with van der Waals surface area (Å²) in [4.78, 5) is 17.5. The summed E-state index contributed by atoms with van der Waals surface area (Å²) in [6.45, 7) is 3.84. The van der Waals surface area contributed by atoms with Crippen LogP contribution < -0.4 is 5.73 Å². The molecule has 1 aliphatic heterocycles. The van der Waals surface area contributed by atoms with Gasteiger partial charge in [0.1, 0.15) is 0 Å². The summed E-state index contributed by atoms with van der Waals surface area (Å²) in [5.74, 6) is -0.259. The third-order valence-electron chi connectivity index (χ3n) is 4.01. The summed E-state index contributed by atoms with van der Waals surface area (Å²) in [5, 5.41) is 8.11. The number of carbonyl (C=O) groups is 1. The summed E-state index contributed by atoms with van der Waals surface area (Å²) in [6, 6.07) is 0.0329. The molecule has 1 amide bonds. The van der Waals surface area contributed by atoms with Gasteiger partial charge in [-0.25, -0.2) is 0 Å².